The minimum absolute atomic E-state index is 0.103. The van der Waals surface area contributed by atoms with E-state index in [4.69, 9.17) is 5.73 Å². The topological polar surface area (TPSA) is 72.2 Å². The summed E-state index contributed by atoms with van der Waals surface area (Å²) in [5, 5.41) is 0. The first-order valence-electron chi connectivity index (χ1n) is 5.34. The number of sulfonamides is 1. The molecular formula is C11H16N2O2S. The molecule has 0 radical (unpaired) electrons. The lowest BCUT2D eigenvalue weighted by Crippen LogP contribution is -2.26. The van der Waals surface area contributed by atoms with E-state index in [0.717, 1.165) is 12.0 Å². The predicted octanol–water partition coefficient (Wildman–Crippen LogP) is 0.832. The van der Waals surface area contributed by atoms with Crippen molar-refractivity contribution in [1.29, 1.82) is 0 Å². The molecule has 0 saturated heterocycles. The second-order valence-corrected chi connectivity index (χ2v) is 6.01. The van der Waals surface area contributed by atoms with Crippen LogP contribution >= 0.6 is 0 Å². The summed E-state index contributed by atoms with van der Waals surface area (Å²) in [4.78, 5) is 0.301. The maximum Gasteiger partial charge on any atom is 0.240 e. The number of nitrogens with one attached hydrogen (secondary N) is 1. The Labute approximate surface area is 95.9 Å². The molecule has 16 heavy (non-hydrogen) atoms. The van der Waals surface area contributed by atoms with E-state index in [9.17, 15) is 8.42 Å². The van der Waals surface area contributed by atoms with Gasteiger partial charge in [0.05, 0.1) is 4.90 Å². The molecule has 1 aliphatic rings. The van der Waals surface area contributed by atoms with Gasteiger partial charge in [-0.05, 0) is 30.0 Å². The maximum absolute atomic E-state index is 11.9. The van der Waals surface area contributed by atoms with Crippen LogP contribution in [0.4, 0.5) is 0 Å². The molecule has 0 heterocycles. The van der Waals surface area contributed by atoms with E-state index < -0.39 is 10.0 Å². The molecule has 1 fully saturated rings. The van der Waals surface area contributed by atoms with Crippen LogP contribution in [0.5, 0.6) is 0 Å². The van der Waals surface area contributed by atoms with Crippen LogP contribution in [0.15, 0.2) is 29.2 Å². The Kier molecular flexibility index (Phi) is 3.01. The predicted molar refractivity (Wildman–Crippen MR) is 62.2 cm³/mol. The van der Waals surface area contributed by atoms with E-state index in [0.29, 0.717) is 17.4 Å². The van der Waals surface area contributed by atoms with Gasteiger partial charge in [0.1, 0.15) is 0 Å². The third-order valence-electron chi connectivity index (χ3n) is 2.86. The molecule has 1 aromatic carbocycles. The smallest absolute Gasteiger partial charge is 0.240 e. The molecule has 0 aliphatic heterocycles. The molecule has 88 valence electrons. The van der Waals surface area contributed by atoms with Gasteiger partial charge in [-0.15, -0.1) is 0 Å². The number of hydrogen-bond acceptors (Lipinski definition) is 3. The zero-order valence-corrected chi connectivity index (χ0v) is 10.00. The molecule has 0 spiro atoms. The molecule has 2 rings (SSSR count). The SMILES string of the molecule is CC1CC1NS(=O)(=O)c1cccc(CN)c1. The fraction of sp³-hybridized carbons (Fsp3) is 0.455. The Balaban J connectivity index is 2.21. The summed E-state index contributed by atoms with van der Waals surface area (Å²) >= 11 is 0. The number of hydrogen-bond donors (Lipinski definition) is 2. The van der Waals surface area contributed by atoms with Gasteiger partial charge in [-0.25, -0.2) is 13.1 Å². The summed E-state index contributed by atoms with van der Waals surface area (Å²) in [6, 6.07) is 6.85. The second-order valence-electron chi connectivity index (χ2n) is 4.29. The fourth-order valence-corrected chi connectivity index (χ4v) is 3.02. The summed E-state index contributed by atoms with van der Waals surface area (Å²) in [6.07, 6.45) is 0.926. The second kappa shape index (κ2) is 4.16. The highest BCUT2D eigenvalue weighted by atomic mass is 32.2. The lowest BCUT2D eigenvalue weighted by Gasteiger charge is -2.06. The first-order chi connectivity index (χ1) is 7.53. The van der Waals surface area contributed by atoms with Crippen molar-refractivity contribution in [3.8, 4) is 0 Å². The van der Waals surface area contributed by atoms with Gasteiger partial charge in [-0.1, -0.05) is 19.1 Å². The average Bonchev–Trinajstić information content (AvgIpc) is 2.93. The lowest BCUT2D eigenvalue weighted by molar-refractivity contribution is 0.578. The van der Waals surface area contributed by atoms with Crippen molar-refractivity contribution in [2.75, 3.05) is 0 Å². The third kappa shape index (κ3) is 2.42. The Morgan fingerprint density at radius 1 is 1.50 bits per heavy atom. The summed E-state index contributed by atoms with van der Waals surface area (Å²) in [5.74, 6) is 0.451. The van der Waals surface area contributed by atoms with Crippen LogP contribution in [-0.4, -0.2) is 14.5 Å². The Morgan fingerprint density at radius 3 is 2.75 bits per heavy atom. The van der Waals surface area contributed by atoms with Gasteiger partial charge in [0, 0.05) is 12.6 Å². The van der Waals surface area contributed by atoms with Gasteiger partial charge in [0.25, 0.3) is 0 Å². The van der Waals surface area contributed by atoms with Gasteiger partial charge < -0.3 is 5.73 Å². The highest BCUT2D eigenvalue weighted by Crippen LogP contribution is 2.30. The van der Waals surface area contributed by atoms with E-state index >= 15 is 0 Å². The van der Waals surface area contributed by atoms with Gasteiger partial charge in [0.15, 0.2) is 0 Å². The van der Waals surface area contributed by atoms with Crippen LogP contribution in [0.1, 0.15) is 18.9 Å². The van der Waals surface area contributed by atoms with Crippen molar-refractivity contribution in [1.82, 2.24) is 4.72 Å². The Morgan fingerprint density at radius 2 is 2.19 bits per heavy atom. The zero-order chi connectivity index (χ0) is 11.8. The Bertz CT molecular complexity index is 485. The number of rotatable bonds is 4. The molecule has 4 nitrogen and oxygen atoms in total. The van der Waals surface area contributed by atoms with E-state index in [2.05, 4.69) is 4.72 Å². The standard InChI is InChI=1S/C11H16N2O2S/c1-8-5-11(8)13-16(14,15)10-4-2-3-9(6-10)7-12/h2-4,6,8,11,13H,5,7,12H2,1H3. The van der Waals surface area contributed by atoms with E-state index in [1.165, 1.54) is 0 Å². The minimum atomic E-state index is -3.37. The molecule has 3 N–H and O–H groups in total. The molecule has 0 aromatic heterocycles. The quantitative estimate of drug-likeness (QED) is 0.819. The molecule has 1 aromatic rings. The van der Waals surface area contributed by atoms with Crippen LogP contribution in [0, 0.1) is 5.92 Å². The van der Waals surface area contributed by atoms with Crippen molar-refractivity contribution in [2.24, 2.45) is 11.7 Å². The molecule has 1 saturated carbocycles. The van der Waals surface area contributed by atoms with Crippen molar-refractivity contribution < 1.29 is 8.42 Å². The summed E-state index contributed by atoms with van der Waals surface area (Å²) in [6.45, 7) is 2.38. The van der Waals surface area contributed by atoms with Crippen LogP contribution < -0.4 is 10.5 Å². The third-order valence-corrected chi connectivity index (χ3v) is 4.35. The highest BCUT2D eigenvalue weighted by molar-refractivity contribution is 7.89. The van der Waals surface area contributed by atoms with Crippen molar-refractivity contribution >= 4 is 10.0 Å². The monoisotopic (exact) mass is 240 g/mol. The van der Waals surface area contributed by atoms with E-state index in [-0.39, 0.29) is 6.04 Å². The molecule has 0 amide bonds. The van der Waals surface area contributed by atoms with Crippen molar-refractivity contribution in [2.45, 2.75) is 30.8 Å². The average molecular weight is 240 g/mol. The van der Waals surface area contributed by atoms with Crippen LogP contribution in [-0.2, 0) is 16.6 Å². The molecule has 5 heteroatoms. The summed E-state index contributed by atoms with van der Waals surface area (Å²) in [5.41, 5.74) is 6.31. The van der Waals surface area contributed by atoms with Crippen LogP contribution in [0.2, 0.25) is 0 Å². The molecule has 0 bridgehead atoms. The number of benzene rings is 1. The zero-order valence-electron chi connectivity index (χ0n) is 9.18. The van der Waals surface area contributed by atoms with Gasteiger partial charge in [0.2, 0.25) is 10.0 Å². The molecular weight excluding hydrogens is 224 g/mol. The first-order valence-corrected chi connectivity index (χ1v) is 6.82. The summed E-state index contributed by atoms with van der Waals surface area (Å²) < 4.78 is 26.6. The van der Waals surface area contributed by atoms with E-state index in [1.54, 1.807) is 18.2 Å². The normalized spacial score (nSPS) is 24.4. The number of nitrogens with two attached hydrogens (primary N) is 1. The van der Waals surface area contributed by atoms with E-state index in [1.807, 2.05) is 13.0 Å². The molecule has 2 unspecified atom stereocenters. The Hall–Kier alpha value is -0.910. The van der Waals surface area contributed by atoms with Gasteiger partial charge >= 0.3 is 0 Å². The minimum Gasteiger partial charge on any atom is -0.326 e. The molecule has 2 atom stereocenters. The lowest BCUT2D eigenvalue weighted by atomic mass is 10.2. The largest absolute Gasteiger partial charge is 0.326 e. The maximum atomic E-state index is 11.9. The summed E-state index contributed by atoms with van der Waals surface area (Å²) in [7, 11) is -3.37. The van der Waals surface area contributed by atoms with Gasteiger partial charge in [-0.2, -0.15) is 0 Å². The van der Waals surface area contributed by atoms with Crippen LogP contribution in [0.3, 0.4) is 0 Å². The fourth-order valence-electron chi connectivity index (χ4n) is 1.59. The highest BCUT2D eigenvalue weighted by Gasteiger charge is 2.36. The van der Waals surface area contributed by atoms with Crippen molar-refractivity contribution in [3.63, 3.8) is 0 Å². The molecule has 1 aliphatic carbocycles. The van der Waals surface area contributed by atoms with Crippen LogP contribution in [0.25, 0.3) is 0 Å². The van der Waals surface area contributed by atoms with Crippen molar-refractivity contribution in [3.05, 3.63) is 29.8 Å². The first kappa shape index (κ1) is 11.6. The van der Waals surface area contributed by atoms with Gasteiger partial charge in [-0.3, -0.25) is 0 Å².